The van der Waals surface area contributed by atoms with E-state index >= 15 is 0 Å². The number of rotatable bonds is 2. The molecule has 1 saturated heterocycles. The molecule has 0 bridgehead atoms. The van der Waals surface area contributed by atoms with Crippen LogP contribution in [0.4, 0.5) is 11.5 Å². The first-order chi connectivity index (χ1) is 9.34. The Morgan fingerprint density at radius 2 is 1.95 bits per heavy atom. The van der Waals surface area contributed by atoms with Crippen molar-refractivity contribution in [2.75, 3.05) is 23.7 Å². The molecule has 1 aromatic heterocycles. The summed E-state index contributed by atoms with van der Waals surface area (Å²) in [6.07, 6.45) is 3.81. The number of anilines is 2. The molecule has 1 aliphatic rings. The summed E-state index contributed by atoms with van der Waals surface area (Å²) in [7, 11) is 0. The molecule has 4 nitrogen and oxygen atoms in total. The zero-order valence-electron chi connectivity index (χ0n) is 13.7. The lowest BCUT2D eigenvalue weighted by Crippen LogP contribution is -2.28. The van der Waals surface area contributed by atoms with Gasteiger partial charge in [0.05, 0.1) is 11.4 Å². The van der Waals surface area contributed by atoms with Gasteiger partial charge in [-0.05, 0) is 44.4 Å². The number of hydrogen-bond acceptors (Lipinski definition) is 3. The Hall–Kier alpha value is -1.19. The van der Waals surface area contributed by atoms with Gasteiger partial charge in [-0.3, -0.25) is 0 Å². The minimum atomic E-state index is 0.405. The topological polar surface area (TPSA) is 47.1 Å². The third-order valence-electron chi connectivity index (χ3n) is 4.70. The van der Waals surface area contributed by atoms with E-state index in [1.54, 1.807) is 0 Å². The normalized spacial score (nSPS) is 21.1. The predicted octanol–water partition coefficient (Wildman–Crippen LogP) is 3.45. The zero-order valence-corrected chi connectivity index (χ0v) is 13.7. The molecule has 0 spiro atoms. The average molecular weight is 278 g/mol. The smallest absolute Gasteiger partial charge is 0.150 e. The van der Waals surface area contributed by atoms with Crippen LogP contribution in [0.1, 0.15) is 52.7 Å². The van der Waals surface area contributed by atoms with E-state index in [1.807, 2.05) is 6.92 Å². The van der Waals surface area contributed by atoms with Gasteiger partial charge in [-0.2, -0.15) is 5.10 Å². The highest BCUT2D eigenvalue weighted by Crippen LogP contribution is 2.36. The van der Waals surface area contributed by atoms with Crippen molar-refractivity contribution < 1.29 is 0 Å². The van der Waals surface area contributed by atoms with Crippen LogP contribution in [0.2, 0.25) is 0 Å². The molecule has 1 unspecified atom stereocenters. The quantitative estimate of drug-likeness (QED) is 0.901. The van der Waals surface area contributed by atoms with Gasteiger partial charge in [-0.25, -0.2) is 4.68 Å². The Morgan fingerprint density at radius 3 is 2.55 bits per heavy atom. The number of nitrogens with two attached hydrogens (primary N) is 1. The molecular formula is C16H30N4. The lowest BCUT2D eigenvalue weighted by atomic mass is 9.77. The number of nitrogens with zero attached hydrogens (tertiary/aromatic N) is 3. The van der Waals surface area contributed by atoms with Crippen molar-refractivity contribution in [3.8, 4) is 0 Å². The van der Waals surface area contributed by atoms with Crippen LogP contribution >= 0.6 is 0 Å². The van der Waals surface area contributed by atoms with Crippen LogP contribution in [-0.4, -0.2) is 22.9 Å². The van der Waals surface area contributed by atoms with Crippen molar-refractivity contribution in [3.63, 3.8) is 0 Å². The number of aryl methyl sites for hydroxylation is 2. The highest BCUT2D eigenvalue weighted by Gasteiger charge is 2.28. The summed E-state index contributed by atoms with van der Waals surface area (Å²) >= 11 is 0. The van der Waals surface area contributed by atoms with E-state index in [1.165, 1.54) is 19.3 Å². The van der Waals surface area contributed by atoms with E-state index in [0.29, 0.717) is 5.41 Å². The van der Waals surface area contributed by atoms with Crippen molar-refractivity contribution in [2.45, 2.75) is 60.4 Å². The van der Waals surface area contributed by atoms with Crippen molar-refractivity contribution in [1.29, 1.82) is 0 Å². The standard InChI is InChI=1S/C16H30N4/c1-6-20-15(14(17)12(2)18-20)19-10-7-8-13(9-11-19)16(3,4)5/h13H,6-11,17H2,1-5H3. The van der Waals surface area contributed by atoms with Crippen molar-refractivity contribution in [3.05, 3.63) is 5.69 Å². The second-order valence-electron chi connectivity index (χ2n) is 7.12. The third kappa shape index (κ3) is 2.94. The maximum absolute atomic E-state index is 6.26. The predicted molar refractivity (Wildman–Crippen MR) is 86.1 cm³/mol. The Balaban J connectivity index is 2.19. The van der Waals surface area contributed by atoms with Crippen molar-refractivity contribution in [2.24, 2.45) is 11.3 Å². The molecule has 1 aromatic rings. The van der Waals surface area contributed by atoms with Gasteiger partial charge in [-0.1, -0.05) is 20.8 Å². The zero-order chi connectivity index (χ0) is 14.9. The number of nitrogen functional groups attached to an aromatic ring is 1. The second-order valence-corrected chi connectivity index (χ2v) is 7.12. The molecule has 20 heavy (non-hydrogen) atoms. The van der Waals surface area contributed by atoms with E-state index in [0.717, 1.165) is 42.8 Å². The Kier molecular flexibility index (Phi) is 4.31. The fraction of sp³-hybridized carbons (Fsp3) is 0.812. The van der Waals surface area contributed by atoms with Gasteiger partial charge in [0.2, 0.25) is 0 Å². The molecule has 4 heteroatoms. The summed E-state index contributed by atoms with van der Waals surface area (Å²) < 4.78 is 2.06. The molecule has 2 N–H and O–H groups in total. The van der Waals surface area contributed by atoms with Crippen LogP contribution in [-0.2, 0) is 6.54 Å². The fourth-order valence-corrected chi connectivity index (χ4v) is 3.31. The van der Waals surface area contributed by atoms with Gasteiger partial charge < -0.3 is 10.6 Å². The number of hydrogen-bond donors (Lipinski definition) is 1. The minimum absolute atomic E-state index is 0.405. The summed E-state index contributed by atoms with van der Waals surface area (Å²) in [5, 5.41) is 4.55. The molecule has 1 aliphatic heterocycles. The van der Waals surface area contributed by atoms with E-state index in [9.17, 15) is 0 Å². The molecule has 2 rings (SSSR count). The minimum Gasteiger partial charge on any atom is -0.394 e. The molecule has 2 heterocycles. The molecule has 0 aliphatic carbocycles. The molecule has 0 radical (unpaired) electrons. The van der Waals surface area contributed by atoms with Gasteiger partial charge in [-0.15, -0.1) is 0 Å². The van der Waals surface area contributed by atoms with E-state index in [-0.39, 0.29) is 0 Å². The van der Waals surface area contributed by atoms with Crippen LogP contribution in [0.5, 0.6) is 0 Å². The van der Waals surface area contributed by atoms with Crippen molar-refractivity contribution >= 4 is 11.5 Å². The molecule has 1 fully saturated rings. The van der Waals surface area contributed by atoms with Gasteiger partial charge in [0.15, 0.2) is 5.82 Å². The summed E-state index contributed by atoms with van der Waals surface area (Å²) in [6, 6.07) is 0. The Bertz CT molecular complexity index is 456. The van der Waals surface area contributed by atoms with Crippen LogP contribution in [0.15, 0.2) is 0 Å². The van der Waals surface area contributed by atoms with E-state index < -0.39 is 0 Å². The summed E-state index contributed by atoms with van der Waals surface area (Å²) in [5.74, 6) is 1.94. The fourth-order valence-electron chi connectivity index (χ4n) is 3.31. The van der Waals surface area contributed by atoms with Crippen LogP contribution in [0.3, 0.4) is 0 Å². The molecule has 1 atom stereocenters. The molecule has 114 valence electrons. The molecule has 0 saturated carbocycles. The van der Waals surface area contributed by atoms with Crippen LogP contribution in [0.25, 0.3) is 0 Å². The van der Waals surface area contributed by atoms with Gasteiger partial charge in [0.1, 0.15) is 0 Å². The first-order valence-electron chi connectivity index (χ1n) is 7.92. The Morgan fingerprint density at radius 1 is 1.25 bits per heavy atom. The summed E-state index contributed by atoms with van der Waals surface area (Å²) in [4.78, 5) is 2.45. The first kappa shape index (κ1) is 15.2. The maximum Gasteiger partial charge on any atom is 0.150 e. The second kappa shape index (κ2) is 5.66. The lowest BCUT2D eigenvalue weighted by Gasteiger charge is -2.30. The van der Waals surface area contributed by atoms with Gasteiger partial charge in [0, 0.05) is 19.6 Å². The molecule has 0 amide bonds. The SMILES string of the molecule is CCn1nc(C)c(N)c1N1CCCC(C(C)(C)C)CC1. The molecular weight excluding hydrogens is 248 g/mol. The largest absolute Gasteiger partial charge is 0.394 e. The third-order valence-corrected chi connectivity index (χ3v) is 4.70. The van der Waals surface area contributed by atoms with Gasteiger partial charge >= 0.3 is 0 Å². The molecule has 0 aromatic carbocycles. The lowest BCUT2D eigenvalue weighted by molar-refractivity contribution is 0.220. The first-order valence-corrected chi connectivity index (χ1v) is 7.92. The van der Waals surface area contributed by atoms with E-state index in [4.69, 9.17) is 5.73 Å². The van der Waals surface area contributed by atoms with E-state index in [2.05, 4.69) is 42.4 Å². The maximum atomic E-state index is 6.26. The van der Waals surface area contributed by atoms with Gasteiger partial charge in [0.25, 0.3) is 0 Å². The Labute approximate surface area is 123 Å². The number of aromatic nitrogens is 2. The van der Waals surface area contributed by atoms with Crippen LogP contribution in [0, 0.1) is 18.3 Å². The van der Waals surface area contributed by atoms with Crippen molar-refractivity contribution in [1.82, 2.24) is 9.78 Å². The monoisotopic (exact) mass is 278 g/mol. The summed E-state index contributed by atoms with van der Waals surface area (Å²) in [6.45, 7) is 14.3. The average Bonchev–Trinajstić information content (AvgIpc) is 2.58. The summed E-state index contributed by atoms with van der Waals surface area (Å²) in [5.41, 5.74) is 8.48. The highest BCUT2D eigenvalue weighted by molar-refractivity contribution is 5.66. The highest BCUT2D eigenvalue weighted by atomic mass is 15.4. The van der Waals surface area contributed by atoms with Crippen LogP contribution < -0.4 is 10.6 Å².